The molecule has 0 spiro atoms. The number of nitro benzene ring substituents is 1. The first-order chi connectivity index (χ1) is 12.8. The Hall–Kier alpha value is -3.27. The van der Waals surface area contributed by atoms with E-state index in [9.17, 15) is 19.7 Å². The summed E-state index contributed by atoms with van der Waals surface area (Å²) in [6.45, 7) is 2.95. The standard InChI is InChI=1S/C17H15N3O6S/c1-8-14-16(22)18-13(19-17(14)27-15(8)9(2)21)7-26-12-5-4-10(25-3)6-11(12)20(23)24/h4-6H,7H2,1-3H3,(H,18,19,22). The third kappa shape index (κ3) is 3.51. The average Bonchev–Trinajstić information content (AvgIpc) is 2.97. The van der Waals surface area contributed by atoms with Gasteiger partial charge in [-0.3, -0.25) is 19.7 Å². The maximum atomic E-state index is 12.3. The smallest absolute Gasteiger partial charge is 0.314 e. The molecule has 0 fully saturated rings. The second kappa shape index (κ2) is 7.16. The minimum absolute atomic E-state index is 0.0235. The van der Waals surface area contributed by atoms with Crippen molar-refractivity contribution in [2.75, 3.05) is 7.11 Å². The number of fused-ring (bicyclic) bond motifs is 1. The van der Waals surface area contributed by atoms with E-state index in [1.54, 1.807) is 6.92 Å². The van der Waals surface area contributed by atoms with Gasteiger partial charge < -0.3 is 14.5 Å². The normalized spacial score (nSPS) is 10.8. The van der Waals surface area contributed by atoms with Crippen molar-refractivity contribution in [1.82, 2.24) is 9.97 Å². The van der Waals surface area contributed by atoms with Crippen LogP contribution >= 0.6 is 11.3 Å². The third-order valence-electron chi connectivity index (χ3n) is 3.90. The molecule has 0 aliphatic carbocycles. The Bertz CT molecular complexity index is 1120. The van der Waals surface area contributed by atoms with Crippen LogP contribution in [0.1, 0.15) is 28.0 Å². The third-order valence-corrected chi connectivity index (χ3v) is 5.18. The maximum Gasteiger partial charge on any atom is 0.314 e. The summed E-state index contributed by atoms with van der Waals surface area (Å²) in [5.41, 5.74) is -0.0535. The Labute approximate surface area is 156 Å². The predicted octanol–water partition coefficient (Wildman–Crippen LogP) is 2.99. The van der Waals surface area contributed by atoms with E-state index in [2.05, 4.69) is 9.97 Å². The number of ketones is 1. The summed E-state index contributed by atoms with van der Waals surface area (Å²) < 4.78 is 10.5. The zero-order chi connectivity index (χ0) is 19.7. The second-order valence-electron chi connectivity index (χ2n) is 5.68. The molecule has 0 unspecified atom stereocenters. The number of Topliss-reactive ketones (excluding diaryl/α,β-unsaturated/α-hetero) is 1. The van der Waals surface area contributed by atoms with Gasteiger partial charge in [0, 0.05) is 0 Å². The fourth-order valence-electron chi connectivity index (χ4n) is 2.63. The number of aromatic amines is 1. The average molecular weight is 389 g/mol. The molecule has 0 radical (unpaired) electrons. The molecule has 0 aliphatic rings. The Morgan fingerprint density at radius 2 is 2.15 bits per heavy atom. The number of benzene rings is 1. The molecule has 3 rings (SSSR count). The number of rotatable bonds is 6. The highest BCUT2D eigenvalue weighted by atomic mass is 32.1. The van der Waals surface area contributed by atoms with Gasteiger partial charge in [-0.15, -0.1) is 11.3 Å². The Kier molecular flexibility index (Phi) is 4.91. The van der Waals surface area contributed by atoms with Crippen LogP contribution in [0.2, 0.25) is 0 Å². The van der Waals surface area contributed by atoms with E-state index in [0.29, 0.717) is 26.4 Å². The number of aryl methyl sites for hydroxylation is 1. The molecule has 2 aromatic heterocycles. The van der Waals surface area contributed by atoms with Crippen LogP contribution in [0.3, 0.4) is 0 Å². The highest BCUT2D eigenvalue weighted by Gasteiger charge is 2.19. The fraction of sp³-hybridized carbons (Fsp3) is 0.235. The van der Waals surface area contributed by atoms with Crippen LogP contribution in [0.15, 0.2) is 23.0 Å². The lowest BCUT2D eigenvalue weighted by Crippen LogP contribution is -2.13. The van der Waals surface area contributed by atoms with E-state index in [4.69, 9.17) is 9.47 Å². The molecule has 1 N–H and O–H groups in total. The summed E-state index contributed by atoms with van der Waals surface area (Å²) >= 11 is 1.13. The van der Waals surface area contributed by atoms with E-state index < -0.39 is 4.92 Å². The number of aromatic nitrogens is 2. The zero-order valence-electron chi connectivity index (χ0n) is 14.7. The van der Waals surface area contributed by atoms with Gasteiger partial charge in [0.15, 0.2) is 11.5 Å². The van der Waals surface area contributed by atoms with Crippen LogP contribution < -0.4 is 15.0 Å². The fourth-order valence-corrected chi connectivity index (χ4v) is 3.72. The van der Waals surface area contributed by atoms with E-state index in [1.807, 2.05) is 0 Å². The molecular formula is C17H15N3O6S. The summed E-state index contributed by atoms with van der Waals surface area (Å²) in [4.78, 5) is 42.4. The van der Waals surface area contributed by atoms with Crippen LogP contribution in [-0.4, -0.2) is 27.8 Å². The number of nitrogens with one attached hydrogen (secondary N) is 1. The zero-order valence-corrected chi connectivity index (χ0v) is 15.5. The predicted molar refractivity (Wildman–Crippen MR) is 99.0 cm³/mol. The van der Waals surface area contributed by atoms with Crippen LogP contribution in [0, 0.1) is 17.0 Å². The quantitative estimate of drug-likeness (QED) is 0.390. The van der Waals surface area contributed by atoms with E-state index in [0.717, 1.165) is 11.3 Å². The van der Waals surface area contributed by atoms with Gasteiger partial charge in [0.05, 0.1) is 28.4 Å². The first-order valence-electron chi connectivity index (χ1n) is 7.80. The summed E-state index contributed by atoms with van der Waals surface area (Å²) in [5, 5.41) is 11.6. The molecule has 2 heterocycles. The highest BCUT2D eigenvalue weighted by Crippen LogP contribution is 2.32. The molecule has 0 atom stereocenters. The lowest BCUT2D eigenvalue weighted by Gasteiger charge is -2.07. The van der Waals surface area contributed by atoms with Crippen molar-refractivity contribution < 1.29 is 19.2 Å². The van der Waals surface area contributed by atoms with Crippen LogP contribution in [-0.2, 0) is 6.61 Å². The Balaban J connectivity index is 1.93. The second-order valence-corrected chi connectivity index (χ2v) is 6.68. The number of hydrogen-bond donors (Lipinski definition) is 1. The van der Waals surface area contributed by atoms with Gasteiger partial charge in [0.25, 0.3) is 5.56 Å². The monoisotopic (exact) mass is 389 g/mol. The molecule has 1 aromatic carbocycles. The SMILES string of the molecule is COc1ccc(OCc2nc3sc(C(C)=O)c(C)c3c(=O)[nH]2)c([N+](=O)[O-])c1. The summed E-state index contributed by atoms with van der Waals surface area (Å²) in [6.07, 6.45) is 0. The summed E-state index contributed by atoms with van der Waals surface area (Å²) in [6, 6.07) is 4.19. The van der Waals surface area contributed by atoms with Gasteiger partial charge in [-0.05, 0) is 31.5 Å². The van der Waals surface area contributed by atoms with E-state index in [1.165, 1.54) is 32.2 Å². The number of nitrogens with zero attached hydrogens (tertiary/aromatic N) is 2. The van der Waals surface area contributed by atoms with Gasteiger partial charge in [0.2, 0.25) is 0 Å². The van der Waals surface area contributed by atoms with Gasteiger partial charge in [0.1, 0.15) is 23.0 Å². The first kappa shape index (κ1) is 18.5. The molecule has 9 nitrogen and oxygen atoms in total. The molecule has 10 heteroatoms. The van der Waals surface area contributed by atoms with Crippen LogP contribution in [0.4, 0.5) is 5.69 Å². The van der Waals surface area contributed by atoms with Crippen molar-refractivity contribution in [2.24, 2.45) is 0 Å². The van der Waals surface area contributed by atoms with Crippen molar-refractivity contribution in [3.8, 4) is 11.5 Å². The minimum Gasteiger partial charge on any atom is -0.496 e. The van der Waals surface area contributed by atoms with Crippen molar-refractivity contribution >= 4 is 33.0 Å². The molecule has 0 bridgehead atoms. The van der Waals surface area contributed by atoms with Crippen molar-refractivity contribution in [3.63, 3.8) is 0 Å². The van der Waals surface area contributed by atoms with Crippen LogP contribution in [0.5, 0.6) is 11.5 Å². The number of thiophene rings is 1. The van der Waals surface area contributed by atoms with Gasteiger partial charge in [-0.25, -0.2) is 4.98 Å². The Morgan fingerprint density at radius 1 is 1.41 bits per heavy atom. The lowest BCUT2D eigenvalue weighted by molar-refractivity contribution is -0.386. The highest BCUT2D eigenvalue weighted by molar-refractivity contribution is 7.20. The number of carbonyl (C=O) groups excluding carboxylic acids is 1. The van der Waals surface area contributed by atoms with Crippen molar-refractivity contribution in [2.45, 2.75) is 20.5 Å². The lowest BCUT2D eigenvalue weighted by atomic mass is 10.2. The number of nitro groups is 1. The number of ether oxygens (including phenoxy) is 2. The van der Waals surface area contributed by atoms with Crippen LogP contribution in [0.25, 0.3) is 10.2 Å². The summed E-state index contributed by atoms with van der Waals surface area (Å²) in [5.74, 6) is 0.415. The largest absolute Gasteiger partial charge is 0.496 e. The van der Waals surface area contributed by atoms with Crippen molar-refractivity contribution in [1.29, 1.82) is 0 Å². The van der Waals surface area contributed by atoms with Gasteiger partial charge in [-0.1, -0.05) is 0 Å². The molecule has 0 amide bonds. The summed E-state index contributed by atoms with van der Waals surface area (Å²) in [7, 11) is 1.40. The number of methoxy groups -OCH3 is 1. The molecule has 27 heavy (non-hydrogen) atoms. The first-order valence-corrected chi connectivity index (χ1v) is 8.62. The minimum atomic E-state index is -0.584. The Morgan fingerprint density at radius 3 is 2.78 bits per heavy atom. The number of hydrogen-bond acceptors (Lipinski definition) is 8. The number of H-pyrrole nitrogens is 1. The van der Waals surface area contributed by atoms with E-state index >= 15 is 0 Å². The number of carbonyl (C=O) groups is 1. The molecule has 0 saturated carbocycles. The van der Waals surface area contributed by atoms with Crippen molar-refractivity contribution in [3.05, 3.63) is 54.9 Å². The van der Waals surface area contributed by atoms with Gasteiger partial charge in [-0.2, -0.15) is 0 Å². The molecule has 140 valence electrons. The molecule has 3 aromatic rings. The van der Waals surface area contributed by atoms with E-state index in [-0.39, 0.29) is 35.2 Å². The molecule has 0 aliphatic heterocycles. The topological polar surface area (TPSA) is 124 Å². The maximum absolute atomic E-state index is 12.3. The molecular weight excluding hydrogens is 374 g/mol. The molecule has 0 saturated heterocycles. The van der Waals surface area contributed by atoms with Gasteiger partial charge >= 0.3 is 5.69 Å².